The third kappa shape index (κ3) is 4.11. The largest absolute Gasteiger partial charge is 0.374 e. The van der Waals surface area contributed by atoms with Crippen LogP contribution < -0.4 is 10.6 Å². The molecule has 26 heavy (non-hydrogen) atoms. The number of fused-ring (bicyclic) bond motifs is 5. The summed E-state index contributed by atoms with van der Waals surface area (Å²) in [5.74, 6) is 1.59. The maximum Gasteiger partial charge on any atom is 0.242 e. The van der Waals surface area contributed by atoms with Crippen molar-refractivity contribution < 1.29 is 14.3 Å². The molecule has 3 rings (SSSR count). The summed E-state index contributed by atoms with van der Waals surface area (Å²) < 4.78 is 6.03. The molecule has 3 saturated heterocycles. The smallest absolute Gasteiger partial charge is 0.242 e. The van der Waals surface area contributed by atoms with Gasteiger partial charge in [0.1, 0.15) is 6.54 Å². The first-order chi connectivity index (χ1) is 12.3. The Balaban J connectivity index is 1.64. The average molecular weight is 365 g/mol. The van der Waals surface area contributed by atoms with E-state index in [1.165, 1.54) is 0 Å². The maximum absolute atomic E-state index is 12.0. The highest BCUT2D eigenvalue weighted by Crippen LogP contribution is 2.47. The van der Waals surface area contributed by atoms with Crippen molar-refractivity contribution in [2.45, 2.75) is 44.9 Å². The number of likely N-dealkylation sites (tertiary alicyclic amines) is 1. The zero-order valence-corrected chi connectivity index (χ0v) is 16.2. The molecular formula is C18H31N5O3. The number of likely N-dealkylation sites (N-methyl/N-ethyl adjacent to an activating group) is 1. The van der Waals surface area contributed by atoms with Crippen molar-refractivity contribution >= 4 is 17.8 Å². The number of rotatable bonds is 5. The molecular weight excluding hydrogens is 334 g/mol. The van der Waals surface area contributed by atoms with Gasteiger partial charge in [-0.3, -0.25) is 9.59 Å². The van der Waals surface area contributed by atoms with Crippen LogP contribution in [0.3, 0.4) is 0 Å². The minimum absolute atomic E-state index is 0.0212. The van der Waals surface area contributed by atoms with E-state index in [0.29, 0.717) is 30.0 Å². The third-order valence-corrected chi connectivity index (χ3v) is 5.47. The van der Waals surface area contributed by atoms with Gasteiger partial charge in [-0.25, -0.2) is 4.99 Å². The normalized spacial score (nSPS) is 29.9. The van der Waals surface area contributed by atoms with Crippen molar-refractivity contribution in [1.29, 1.82) is 0 Å². The summed E-state index contributed by atoms with van der Waals surface area (Å²) in [7, 11) is 3.46. The Kier molecular flexibility index (Phi) is 5.70. The summed E-state index contributed by atoms with van der Waals surface area (Å²) >= 11 is 0. The highest BCUT2D eigenvalue weighted by molar-refractivity contribution is 5.88. The van der Waals surface area contributed by atoms with Crippen molar-refractivity contribution in [3.8, 4) is 0 Å². The third-order valence-electron chi connectivity index (χ3n) is 5.47. The molecule has 0 aromatic carbocycles. The number of hydrogen-bond acceptors (Lipinski definition) is 4. The number of nitrogens with one attached hydrogen (secondary N) is 2. The van der Waals surface area contributed by atoms with Gasteiger partial charge in [-0.2, -0.15) is 0 Å². The Bertz CT molecular complexity index is 559. The number of carbonyl (C=O) groups is 2. The topological polar surface area (TPSA) is 86.3 Å². The summed E-state index contributed by atoms with van der Waals surface area (Å²) in [5.41, 5.74) is 0. The quantitative estimate of drug-likeness (QED) is 0.514. The summed E-state index contributed by atoms with van der Waals surface area (Å²) in [4.78, 5) is 32.1. The lowest BCUT2D eigenvalue weighted by Crippen LogP contribution is -2.46. The standard InChI is InChI=1S/C18H31N5O3/c1-11(2)21-16(24)7-19-18(20-8-17(25)22(3)4)23-9-12-13(10-23)15-6-5-14(12)26-15/h11-15H,5-10H2,1-4H3,(H,19,20)(H,21,24). The number of hydrogen-bond donors (Lipinski definition) is 2. The number of amides is 2. The minimum Gasteiger partial charge on any atom is -0.374 e. The molecule has 8 heteroatoms. The molecule has 2 N–H and O–H groups in total. The van der Waals surface area contributed by atoms with E-state index < -0.39 is 0 Å². The van der Waals surface area contributed by atoms with Gasteiger partial charge in [0.2, 0.25) is 11.8 Å². The van der Waals surface area contributed by atoms with Crippen LogP contribution in [-0.2, 0) is 14.3 Å². The second-order valence-electron chi connectivity index (χ2n) is 8.03. The Morgan fingerprint density at radius 1 is 1.19 bits per heavy atom. The molecule has 0 spiro atoms. The molecule has 0 aliphatic carbocycles. The average Bonchev–Trinajstić information content (AvgIpc) is 3.26. The highest BCUT2D eigenvalue weighted by atomic mass is 16.5. The van der Waals surface area contributed by atoms with Crippen molar-refractivity contribution in [3.05, 3.63) is 0 Å². The molecule has 0 radical (unpaired) electrons. The molecule has 0 saturated carbocycles. The predicted octanol–water partition coefficient (Wildman–Crippen LogP) is -0.346. The van der Waals surface area contributed by atoms with Crippen molar-refractivity contribution in [2.24, 2.45) is 16.8 Å². The summed E-state index contributed by atoms with van der Waals surface area (Å²) in [5, 5.41) is 6.00. The summed E-state index contributed by atoms with van der Waals surface area (Å²) in [6, 6.07) is 0.0864. The van der Waals surface area contributed by atoms with Gasteiger partial charge in [0.25, 0.3) is 0 Å². The van der Waals surface area contributed by atoms with E-state index in [-0.39, 0.29) is 30.9 Å². The van der Waals surface area contributed by atoms with E-state index in [0.717, 1.165) is 25.9 Å². The minimum atomic E-state index is -0.110. The lowest BCUT2D eigenvalue weighted by molar-refractivity contribution is -0.127. The summed E-state index contributed by atoms with van der Waals surface area (Å²) in [6.07, 6.45) is 3.03. The number of aliphatic imine (C=N–C) groups is 1. The van der Waals surface area contributed by atoms with Crippen LogP contribution in [0.4, 0.5) is 0 Å². The monoisotopic (exact) mass is 365 g/mol. The first-order valence-electron chi connectivity index (χ1n) is 9.53. The second kappa shape index (κ2) is 7.82. The molecule has 3 heterocycles. The predicted molar refractivity (Wildman–Crippen MR) is 98.7 cm³/mol. The second-order valence-corrected chi connectivity index (χ2v) is 8.03. The molecule has 0 aromatic heterocycles. The van der Waals surface area contributed by atoms with Gasteiger partial charge in [-0.1, -0.05) is 0 Å². The van der Waals surface area contributed by atoms with Gasteiger partial charge in [0, 0.05) is 45.1 Å². The van der Waals surface area contributed by atoms with E-state index in [9.17, 15) is 9.59 Å². The molecule has 4 atom stereocenters. The Morgan fingerprint density at radius 2 is 1.81 bits per heavy atom. The van der Waals surface area contributed by atoms with Crippen LogP contribution in [0.15, 0.2) is 4.99 Å². The summed E-state index contributed by atoms with van der Waals surface area (Å²) in [6.45, 7) is 5.83. The van der Waals surface area contributed by atoms with Gasteiger partial charge in [-0.15, -0.1) is 0 Å². The fraction of sp³-hybridized carbons (Fsp3) is 0.833. The molecule has 3 fully saturated rings. The van der Waals surface area contributed by atoms with Crippen molar-refractivity contribution in [1.82, 2.24) is 20.4 Å². The van der Waals surface area contributed by atoms with Crippen LogP contribution in [0, 0.1) is 11.8 Å². The fourth-order valence-electron chi connectivity index (χ4n) is 4.23. The van der Waals surface area contributed by atoms with Gasteiger partial charge >= 0.3 is 0 Å². The number of carbonyl (C=O) groups excluding carboxylic acids is 2. The van der Waals surface area contributed by atoms with Gasteiger partial charge in [0.05, 0.1) is 18.8 Å². The first kappa shape index (κ1) is 18.9. The van der Waals surface area contributed by atoms with Crippen LogP contribution >= 0.6 is 0 Å². The SMILES string of the molecule is CC(C)NC(=O)CN=C(NCC(=O)N(C)C)N1CC2C3CCC(O3)C2C1. The van der Waals surface area contributed by atoms with Crippen LogP contribution in [0.1, 0.15) is 26.7 Å². The zero-order chi connectivity index (χ0) is 18.8. The van der Waals surface area contributed by atoms with E-state index in [1.54, 1.807) is 19.0 Å². The Morgan fingerprint density at radius 3 is 2.35 bits per heavy atom. The Hall–Kier alpha value is -1.83. The lowest BCUT2D eigenvalue weighted by atomic mass is 9.82. The van der Waals surface area contributed by atoms with Crippen LogP contribution in [0.5, 0.6) is 0 Å². The van der Waals surface area contributed by atoms with E-state index >= 15 is 0 Å². The van der Waals surface area contributed by atoms with Crippen molar-refractivity contribution in [2.75, 3.05) is 40.3 Å². The van der Waals surface area contributed by atoms with Crippen LogP contribution in [0.25, 0.3) is 0 Å². The van der Waals surface area contributed by atoms with Crippen molar-refractivity contribution in [3.63, 3.8) is 0 Å². The molecule has 146 valence electrons. The number of nitrogens with zero attached hydrogens (tertiary/aromatic N) is 3. The lowest BCUT2D eigenvalue weighted by Gasteiger charge is -2.24. The van der Waals surface area contributed by atoms with Crippen LogP contribution in [-0.4, -0.2) is 86.1 Å². The first-order valence-corrected chi connectivity index (χ1v) is 9.53. The van der Waals surface area contributed by atoms with Gasteiger partial charge in [-0.05, 0) is 26.7 Å². The molecule has 2 bridgehead atoms. The molecule has 3 aliphatic heterocycles. The highest BCUT2D eigenvalue weighted by Gasteiger charge is 2.53. The molecule has 8 nitrogen and oxygen atoms in total. The fourth-order valence-corrected chi connectivity index (χ4v) is 4.23. The maximum atomic E-state index is 12.0. The number of ether oxygens (including phenoxy) is 1. The molecule has 3 aliphatic rings. The molecule has 2 amide bonds. The van der Waals surface area contributed by atoms with E-state index in [1.807, 2.05) is 13.8 Å². The Labute approximate surface area is 155 Å². The van der Waals surface area contributed by atoms with Gasteiger partial charge in [0.15, 0.2) is 5.96 Å². The molecule has 0 aromatic rings. The molecule has 4 unspecified atom stereocenters. The van der Waals surface area contributed by atoms with E-state index in [2.05, 4.69) is 20.5 Å². The number of guanidine groups is 1. The zero-order valence-electron chi connectivity index (χ0n) is 16.2. The van der Waals surface area contributed by atoms with E-state index in [4.69, 9.17) is 4.74 Å². The van der Waals surface area contributed by atoms with Gasteiger partial charge < -0.3 is 25.2 Å². The van der Waals surface area contributed by atoms with Crippen LogP contribution in [0.2, 0.25) is 0 Å².